The summed E-state index contributed by atoms with van der Waals surface area (Å²) in [5, 5.41) is 11.4. The standard InChI is InChI=1S/C12H13N3O3/c1-12(2,10(17)18)9(16)15-11-13-7-5-3-4-6-8(7)14-11/h3-6H,1-2H3,(H,17,18)(H2,13,14,15,16). The molecule has 0 fully saturated rings. The molecule has 0 aliphatic carbocycles. The number of H-pyrrole nitrogens is 1. The number of aromatic amines is 1. The maximum absolute atomic E-state index is 11.8. The van der Waals surface area contributed by atoms with Crippen LogP contribution in [0.15, 0.2) is 24.3 Å². The van der Waals surface area contributed by atoms with Crippen LogP contribution in [0, 0.1) is 5.41 Å². The fraction of sp³-hybridized carbons (Fsp3) is 0.250. The molecule has 2 rings (SSSR count). The van der Waals surface area contributed by atoms with Crippen molar-refractivity contribution >= 4 is 28.9 Å². The van der Waals surface area contributed by atoms with Gasteiger partial charge in [0.25, 0.3) is 0 Å². The smallest absolute Gasteiger partial charge is 0.318 e. The predicted molar refractivity (Wildman–Crippen MR) is 66.1 cm³/mol. The number of carboxylic acid groups (broad SMARTS) is 1. The molecule has 0 radical (unpaired) electrons. The van der Waals surface area contributed by atoms with Crippen molar-refractivity contribution in [3.05, 3.63) is 24.3 Å². The lowest BCUT2D eigenvalue weighted by Crippen LogP contribution is -2.38. The highest BCUT2D eigenvalue weighted by atomic mass is 16.4. The Morgan fingerprint density at radius 3 is 2.61 bits per heavy atom. The number of aromatic nitrogens is 2. The summed E-state index contributed by atoms with van der Waals surface area (Å²) in [6.07, 6.45) is 0. The van der Waals surface area contributed by atoms with Crippen molar-refractivity contribution in [2.24, 2.45) is 5.41 Å². The third kappa shape index (κ3) is 2.04. The summed E-state index contributed by atoms with van der Waals surface area (Å²) >= 11 is 0. The molecule has 1 aromatic carbocycles. The fourth-order valence-electron chi connectivity index (χ4n) is 1.37. The van der Waals surface area contributed by atoms with Gasteiger partial charge in [-0.2, -0.15) is 0 Å². The van der Waals surface area contributed by atoms with Crippen molar-refractivity contribution in [1.29, 1.82) is 0 Å². The molecule has 0 aliphatic rings. The molecule has 0 saturated carbocycles. The Morgan fingerprint density at radius 2 is 2.00 bits per heavy atom. The third-order valence-corrected chi connectivity index (χ3v) is 2.72. The van der Waals surface area contributed by atoms with E-state index in [1.807, 2.05) is 18.2 Å². The van der Waals surface area contributed by atoms with E-state index < -0.39 is 17.3 Å². The summed E-state index contributed by atoms with van der Waals surface area (Å²) in [6, 6.07) is 7.29. The Balaban J connectivity index is 2.24. The van der Waals surface area contributed by atoms with Gasteiger partial charge in [-0.3, -0.25) is 14.9 Å². The molecule has 0 atom stereocenters. The Kier molecular flexibility index (Phi) is 2.78. The van der Waals surface area contributed by atoms with Crippen molar-refractivity contribution in [3.63, 3.8) is 0 Å². The van der Waals surface area contributed by atoms with Crippen LogP contribution in [0.4, 0.5) is 5.95 Å². The van der Waals surface area contributed by atoms with Gasteiger partial charge < -0.3 is 10.1 Å². The maximum atomic E-state index is 11.8. The van der Waals surface area contributed by atoms with E-state index in [0.29, 0.717) is 5.52 Å². The second-order valence-corrected chi connectivity index (χ2v) is 4.49. The summed E-state index contributed by atoms with van der Waals surface area (Å²) in [7, 11) is 0. The van der Waals surface area contributed by atoms with Gasteiger partial charge in [-0.05, 0) is 26.0 Å². The fourth-order valence-corrected chi connectivity index (χ4v) is 1.37. The highest BCUT2D eigenvalue weighted by Crippen LogP contribution is 2.19. The van der Waals surface area contributed by atoms with Crippen LogP contribution in [0.2, 0.25) is 0 Å². The molecule has 0 aliphatic heterocycles. The maximum Gasteiger partial charge on any atom is 0.318 e. The van der Waals surface area contributed by atoms with E-state index in [2.05, 4.69) is 15.3 Å². The molecule has 18 heavy (non-hydrogen) atoms. The van der Waals surface area contributed by atoms with Crippen LogP contribution in [0.3, 0.4) is 0 Å². The van der Waals surface area contributed by atoms with Crippen molar-refractivity contribution in [2.45, 2.75) is 13.8 Å². The number of para-hydroxylation sites is 2. The molecule has 6 nitrogen and oxygen atoms in total. The zero-order valence-electron chi connectivity index (χ0n) is 10.0. The van der Waals surface area contributed by atoms with Crippen LogP contribution in [-0.4, -0.2) is 27.0 Å². The summed E-state index contributed by atoms with van der Waals surface area (Å²) in [4.78, 5) is 29.8. The molecule has 6 heteroatoms. The number of hydrogen-bond acceptors (Lipinski definition) is 3. The topological polar surface area (TPSA) is 95.1 Å². The number of benzene rings is 1. The Bertz CT molecular complexity index is 583. The second kappa shape index (κ2) is 4.14. The molecular weight excluding hydrogens is 234 g/mol. The molecule has 1 amide bonds. The van der Waals surface area contributed by atoms with Gasteiger partial charge in [0.2, 0.25) is 11.9 Å². The van der Waals surface area contributed by atoms with E-state index in [4.69, 9.17) is 5.11 Å². The normalized spacial score (nSPS) is 11.4. The number of imidazole rings is 1. The average molecular weight is 247 g/mol. The number of nitrogens with one attached hydrogen (secondary N) is 2. The first-order valence-electron chi connectivity index (χ1n) is 5.41. The molecule has 0 saturated heterocycles. The van der Waals surface area contributed by atoms with Crippen LogP contribution >= 0.6 is 0 Å². The van der Waals surface area contributed by atoms with Gasteiger partial charge >= 0.3 is 5.97 Å². The molecule has 0 spiro atoms. The lowest BCUT2D eigenvalue weighted by atomic mass is 9.93. The number of carbonyl (C=O) groups excluding carboxylic acids is 1. The van der Waals surface area contributed by atoms with Gasteiger partial charge in [-0.1, -0.05) is 12.1 Å². The van der Waals surface area contributed by atoms with Crippen LogP contribution < -0.4 is 5.32 Å². The zero-order valence-corrected chi connectivity index (χ0v) is 10.0. The first-order valence-corrected chi connectivity index (χ1v) is 5.41. The number of carbonyl (C=O) groups is 2. The molecular formula is C12H13N3O3. The van der Waals surface area contributed by atoms with Gasteiger partial charge in [0, 0.05) is 0 Å². The molecule has 1 heterocycles. The number of nitrogens with zero attached hydrogens (tertiary/aromatic N) is 1. The SMILES string of the molecule is CC(C)(C(=O)O)C(=O)Nc1nc2ccccc2[nH]1. The van der Waals surface area contributed by atoms with E-state index >= 15 is 0 Å². The number of anilines is 1. The van der Waals surface area contributed by atoms with Gasteiger partial charge in [-0.25, -0.2) is 4.98 Å². The third-order valence-electron chi connectivity index (χ3n) is 2.72. The summed E-state index contributed by atoms with van der Waals surface area (Å²) in [5.41, 5.74) is -0.0132. The number of aliphatic carboxylic acids is 1. The molecule has 0 unspecified atom stereocenters. The molecule has 3 N–H and O–H groups in total. The van der Waals surface area contributed by atoms with E-state index in [0.717, 1.165) is 5.52 Å². The summed E-state index contributed by atoms with van der Waals surface area (Å²) < 4.78 is 0. The largest absolute Gasteiger partial charge is 0.480 e. The quantitative estimate of drug-likeness (QED) is 0.718. The van der Waals surface area contributed by atoms with Gasteiger partial charge in [0.05, 0.1) is 11.0 Å². The minimum atomic E-state index is -1.50. The van der Waals surface area contributed by atoms with E-state index in [-0.39, 0.29) is 5.95 Å². The van der Waals surface area contributed by atoms with Crippen LogP contribution in [0.25, 0.3) is 11.0 Å². The average Bonchev–Trinajstić information content (AvgIpc) is 2.70. The van der Waals surface area contributed by atoms with Gasteiger partial charge in [0.1, 0.15) is 5.41 Å². The molecule has 2 aromatic rings. The van der Waals surface area contributed by atoms with Crippen molar-refractivity contribution in [2.75, 3.05) is 5.32 Å². The van der Waals surface area contributed by atoms with E-state index in [1.54, 1.807) is 6.07 Å². The second-order valence-electron chi connectivity index (χ2n) is 4.49. The van der Waals surface area contributed by atoms with Crippen LogP contribution in [0.1, 0.15) is 13.8 Å². The van der Waals surface area contributed by atoms with E-state index in [1.165, 1.54) is 13.8 Å². The minimum absolute atomic E-state index is 0.246. The van der Waals surface area contributed by atoms with Crippen molar-refractivity contribution in [3.8, 4) is 0 Å². The van der Waals surface area contributed by atoms with E-state index in [9.17, 15) is 9.59 Å². The van der Waals surface area contributed by atoms with Crippen LogP contribution in [-0.2, 0) is 9.59 Å². The number of hydrogen-bond donors (Lipinski definition) is 3. The van der Waals surface area contributed by atoms with Crippen LogP contribution in [0.5, 0.6) is 0 Å². The van der Waals surface area contributed by atoms with Gasteiger partial charge in [0.15, 0.2) is 0 Å². The van der Waals surface area contributed by atoms with Crippen molar-refractivity contribution < 1.29 is 14.7 Å². The Hall–Kier alpha value is -2.37. The number of fused-ring (bicyclic) bond motifs is 1. The highest BCUT2D eigenvalue weighted by molar-refractivity contribution is 6.07. The number of carboxylic acids is 1. The first-order chi connectivity index (χ1) is 8.41. The molecule has 94 valence electrons. The van der Waals surface area contributed by atoms with Crippen molar-refractivity contribution in [1.82, 2.24) is 9.97 Å². The highest BCUT2D eigenvalue weighted by Gasteiger charge is 2.36. The number of rotatable bonds is 3. The van der Waals surface area contributed by atoms with Gasteiger partial charge in [-0.15, -0.1) is 0 Å². The number of amides is 1. The first kappa shape index (κ1) is 12.1. The Labute approximate surface area is 103 Å². The monoisotopic (exact) mass is 247 g/mol. The Morgan fingerprint density at radius 1 is 1.33 bits per heavy atom. The predicted octanol–water partition coefficient (Wildman–Crippen LogP) is 1.61. The minimum Gasteiger partial charge on any atom is -0.480 e. The lowest BCUT2D eigenvalue weighted by molar-refractivity contribution is -0.151. The summed E-state index contributed by atoms with van der Waals surface area (Å²) in [5.74, 6) is -1.55. The zero-order chi connectivity index (χ0) is 13.3. The summed E-state index contributed by atoms with van der Waals surface area (Å²) in [6.45, 7) is 2.68. The molecule has 1 aromatic heterocycles. The molecule has 0 bridgehead atoms. The lowest BCUT2D eigenvalue weighted by Gasteiger charge is -2.16.